The summed E-state index contributed by atoms with van der Waals surface area (Å²) in [6, 6.07) is 8.43. The van der Waals surface area contributed by atoms with E-state index >= 15 is 0 Å². The molecule has 0 saturated heterocycles. The Balaban J connectivity index is 1.63. The van der Waals surface area contributed by atoms with Gasteiger partial charge in [-0.15, -0.1) is 11.3 Å². The summed E-state index contributed by atoms with van der Waals surface area (Å²) in [6.45, 7) is 0.0264. The number of halogens is 1. The average Bonchev–Trinajstić information content (AvgIpc) is 3.16. The molecule has 0 spiro atoms. The second kappa shape index (κ2) is 5.52. The number of rotatable bonds is 4. The van der Waals surface area contributed by atoms with Crippen molar-refractivity contribution in [3.8, 4) is 11.5 Å². The predicted octanol–water partition coefficient (Wildman–Crippen LogP) is 4.01. The van der Waals surface area contributed by atoms with E-state index in [2.05, 4.69) is 5.16 Å². The second-order valence-electron chi connectivity index (χ2n) is 3.84. The number of carbonyl (C=O) groups excluding carboxylic acids is 1. The Kier molecular flexibility index (Phi) is 3.58. The first-order chi connectivity index (χ1) is 9.72. The monoisotopic (exact) mass is 309 g/mol. The number of esters is 1. The van der Waals surface area contributed by atoms with Gasteiger partial charge in [-0.1, -0.05) is 16.8 Å². The van der Waals surface area contributed by atoms with Gasteiger partial charge in [0.25, 0.3) is 0 Å². The molecule has 0 fully saturated rings. The molecule has 5 nitrogen and oxygen atoms in total. The Morgan fingerprint density at radius 1 is 1.35 bits per heavy atom. The molecular weight excluding hydrogens is 302 g/mol. The van der Waals surface area contributed by atoms with Crippen LogP contribution in [-0.4, -0.2) is 11.1 Å². The number of ether oxygens (including phenoxy) is 1. The Morgan fingerprint density at radius 2 is 2.25 bits per heavy atom. The van der Waals surface area contributed by atoms with Crippen LogP contribution >= 0.6 is 22.9 Å². The third kappa shape index (κ3) is 2.76. The summed E-state index contributed by atoms with van der Waals surface area (Å²) in [7, 11) is 0. The third-order valence-corrected chi connectivity index (χ3v) is 3.66. The van der Waals surface area contributed by atoms with E-state index in [1.54, 1.807) is 30.3 Å². The zero-order chi connectivity index (χ0) is 13.9. The van der Waals surface area contributed by atoms with Gasteiger partial charge < -0.3 is 13.7 Å². The molecule has 0 saturated carbocycles. The van der Waals surface area contributed by atoms with Crippen molar-refractivity contribution in [2.75, 3.05) is 0 Å². The van der Waals surface area contributed by atoms with E-state index in [0.29, 0.717) is 26.4 Å². The van der Waals surface area contributed by atoms with Crippen molar-refractivity contribution in [2.24, 2.45) is 0 Å². The molecule has 0 aromatic carbocycles. The fourth-order valence-electron chi connectivity index (χ4n) is 1.55. The van der Waals surface area contributed by atoms with Gasteiger partial charge in [0.1, 0.15) is 17.2 Å². The first-order valence-electron chi connectivity index (χ1n) is 5.64. The molecule has 0 aliphatic carbocycles. The smallest absolute Gasteiger partial charge is 0.348 e. The maximum Gasteiger partial charge on any atom is 0.348 e. The van der Waals surface area contributed by atoms with E-state index in [4.69, 9.17) is 25.3 Å². The van der Waals surface area contributed by atoms with Gasteiger partial charge in [-0.05, 0) is 24.3 Å². The van der Waals surface area contributed by atoms with Crippen molar-refractivity contribution in [3.05, 3.63) is 51.5 Å². The van der Waals surface area contributed by atoms with E-state index in [-0.39, 0.29) is 6.61 Å². The van der Waals surface area contributed by atoms with E-state index in [1.165, 1.54) is 17.6 Å². The third-order valence-electron chi connectivity index (χ3n) is 2.45. The van der Waals surface area contributed by atoms with Crippen molar-refractivity contribution in [1.29, 1.82) is 0 Å². The fourth-order valence-corrected chi connectivity index (χ4v) is 2.49. The predicted molar refractivity (Wildman–Crippen MR) is 72.7 cm³/mol. The van der Waals surface area contributed by atoms with Crippen LogP contribution in [0.2, 0.25) is 4.34 Å². The van der Waals surface area contributed by atoms with E-state index in [9.17, 15) is 4.79 Å². The lowest BCUT2D eigenvalue weighted by molar-refractivity contribution is 0.0470. The largest absolute Gasteiger partial charge is 0.461 e. The molecule has 7 heteroatoms. The number of hydrogen-bond acceptors (Lipinski definition) is 6. The average molecular weight is 310 g/mol. The molecule has 0 N–H and O–H groups in total. The molecule has 3 aromatic rings. The lowest BCUT2D eigenvalue weighted by atomic mass is 10.3. The molecule has 0 amide bonds. The normalized spacial score (nSPS) is 10.7. The summed E-state index contributed by atoms with van der Waals surface area (Å²) in [5, 5.41) is 3.81. The molecule has 0 bridgehead atoms. The first-order valence-corrected chi connectivity index (χ1v) is 6.84. The van der Waals surface area contributed by atoms with Gasteiger partial charge in [0.05, 0.1) is 10.6 Å². The minimum absolute atomic E-state index is 0.0264. The molecule has 102 valence electrons. The summed E-state index contributed by atoms with van der Waals surface area (Å²) >= 11 is 6.92. The molecule has 3 aromatic heterocycles. The minimum atomic E-state index is -0.440. The topological polar surface area (TPSA) is 65.5 Å². The number of carbonyl (C=O) groups is 1. The SMILES string of the molecule is O=C(OCc1cc(-c2ccco2)on1)c1ccc(Cl)s1. The summed E-state index contributed by atoms with van der Waals surface area (Å²) in [5.74, 6) is 0.616. The van der Waals surface area contributed by atoms with E-state index in [1.807, 2.05) is 0 Å². The summed E-state index contributed by atoms with van der Waals surface area (Å²) in [4.78, 5) is 12.2. The van der Waals surface area contributed by atoms with Crippen molar-refractivity contribution in [1.82, 2.24) is 5.16 Å². The van der Waals surface area contributed by atoms with Gasteiger partial charge >= 0.3 is 5.97 Å². The Labute approximate surface area is 122 Å². The standard InChI is InChI=1S/C13H8ClNO4S/c14-12-4-3-11(20-12)13(16)18-7-8-6-10(19-15-8)9-2-1-5-17-9/h1-6H,7H2. The van der Waals surface area contributed by atoms with Crippen LogP contribution in [0.1, 0.15) is 15.4 Å². The molecule has 0 atom stereocenters. The van der Waals surface area contributed by atoms with Gasteiger partial charge in [0, 0.05) is 6.07 Å². The minimum Gasteiger partial charge on any atom is -0.461 e. The van der Waals surface area contributed by atoms with Crippen molar-refractivity contribution in [2.45, 2.75) is 6.61 Å². The summed E-state index contributed by atoms with van der Waals surface area (Å²) in [6.07, 6.45) is 1.54. The second-order valence-corrected chi connectivity index (χ2v) is 5.55. The first kappa shape index (κ1) is 13.0. The van der Waals surface area contributed by atoms with E-state index < -0.39 is 5.97 Å². The van der Waals surface area contributed by atoms with Crippen LogP contribution in [-0.2, 0) is 11.3 Å². The number of nitrogens with zero attached hydrogens (tertiary/aromatic N) is 1. The fraction of sp³-hybridized carbons (Fsp3) is 0.0769. The van der Waals surface area contributed by atoms with Gasteiger partial charge in [0.15, 0.2) is 5.76 Å². The molecule has 3 heterocycles. The molecule has 0 aliphatic rings. The Bertz CT molecular complexity index is 716. The molecular formula is C13H8ClNO4S. The number of aromatic nitrogens is 1. The Hall–Kier alpha value is -2.05. The van der Waals surface area contributed by atoms with Crippen LogP contribution in [0.15, 0.2) is 45.5 Å². The quantitative estimate of drug-likeness (QED) is 0.681. The molecule has 20 heavy (non-hydrogen) atoms. The van der Waals surface area contributed by atoms with Crippen LogP contribution < -0.4 is 0 Å². The maximum absolute atomic E-state index is 11.7. The number of thiophene rings is 1. The molecule has 3 rings (SSSR count). The number of hydrogen-bond donors (Lipinski definition) is 0. The lowest BCUT2D eigenvalue weighted by Crippen LogP contribution is -2.03. The molecule has 0 aliphatic heterocycles. The zero-order valence-electron chi connectivity index (χ0n) is 10.0. The van der Waals surface area contributed by atoms with Crippen molar-refractivity contribution < 1.29 is 18.5 Å². The van der Waals surface area contributed by atoms with Gasteiger partial charge in [-0.3, -0.25) is 0 Å². The highest BCUT2D eigenvalue weighted by Gasteiger charge is 2.13. The lowest BCUT2D eigenvalue weighted by Gasteiger charge is -1.98. The maximum atomic E-state index is 11.7. The zero-order valence-corrected chi connectivity index (χ0v) is 11.6. The Morgan fingerprint density at radius 3 is 2.95 bits per heavy atom. The van der Waals surface area contributed by atoms with Crippen LogP contribution in [0.5, 0.6) is 0 Å². The summed E-state index contributed by atoms with van der Waals surface area (Å²) < 4.78 is 15.9. The van der Waals surface area contributed by atoms with Crippen LogP contribution in [0.3, 0.4) is 0 Å². The van der Waals surface area contributed by atoms with Crippen LogP contribution in [0.4, 0.5) is 0 Å². The van der Waals surface area contributed by atoms with Crippen molar-refractivity contribution in [3.63, 3.8) is 0 Å². The van der Waals surface area contributed by atoms with Crippen LogP contribution in [0.25, 0.3) is 11.5 Å². The van der Waals surface area contributed by atoms with E-state index in [0.717, 1.165) is 0 Å². The highest BCUT2D eigenvalue weighted by molar-refractivity contribution is 7.17. The van der Waals surface area contributed by atoms with Gasteiger partial charge in [-0.2, -0.15) is 0 Å². The highest BCUT2D eigenvalue weighted by atomic mass is 35.5. The summed E-state index contributed by atoms with van der Waals surface area (Å²) in [5.41, 5.74) is 0.507. The molecule has 0 radical (unpaired) electrons. The highest BCUT2D eigenvalue weighted by Crippen LogP contribution is 2.23. The number of furan rings is 1. The van der Waals surface area contributed by atoms with Crippen molar-refractivity contribution >= 4 is 28.9 Å². The molecule has 0 unspecified atom stereocenters. The van der Waals surface area contributed by atoms with Crippen LogP contribution in [0, 0.1) is 0 Å². The van der Waals surface area contributed by atoms with Gasteiger partial charge in [-0.25, -0.2) is 4.79 Å². The van der Waals surface area contributed by atoms with Gasteiger partial charge in [0.2, 0.25) is 5.76 Å².